The van der Waals surface area contributed by atoms with E-state index in [9.17, 15) is 74.6 Å². The summed E-state index contributed by atoms with van der Waals surface area (Å²) in [7, 11) is 2.52. The summed E-state index contributed by atoms with van der Waals surface area (Å²) in [5.74, 6) is -8.22. The van der Waals surface area contributed by atoms with Gasteiger partial charge < -0.3 is 93.5 Å². The number of benzene rings is 3. The van der Waals surface area contributed by atoms with Crippen molar-refractivity contribution in [2.45, 2.75) is 165 Å². The summed E-state index contributed by atoms with van der Waals surface area (Å²) in [6.07, 6.45) is -25.3. The number of nitrogens with one attached hydrogen (secondary N) is 1. The van der Waals surface area contributed by atoms with Crippen LogP contribution < -0.4 is 10.1 Å². The molecule has 3 aliphatic carbocycles. The van der Waals surface area contributed by atoms with Gasteiger partial charge in [-0.2, -0.15) is 0 Å². The Bertz CT molecular complexity index is 3360. The molecule has 3 aromatic carbocycles. The van der Waals surface area contributed by atoms with Gasteiger partial charge in [0.2, 0.25) is 12.4 Å². The molecule has 30 heteroatoms. The van der Waals surface area contributed by atoms with E-state index in [1.54, 1.807) is 57.2 Å². The number of carbonyl (C=O) groups is 8. The largest absolute Gasteiger partial charge is 0.479 e. The highest BCUT2D eigenvalue weighted by Gasteiger charge is 2.78. The van der Waals surface area contributed by atoms with Gasteiger partial charge in [-0.15, -0.1) is 0 Å². The van der Waals surface area contributed by atoms with Crippen molar-refractivity contribution in [2.75, 3.05) is 33.8 Å². The Labute approximate surface area is 526 Å². The van der Waals surface area contributed by atoms with Crippen molar-refractivity contribution in [1.29, 1.82) is 0 Å². The first-order chi connectivity index (χ1) is 43.0. The summed E-state index contributed by atoms with van der Waals surface area (Å²) in [5.41, 5.74) is -10.3. The number of hydrogen-bond donors (Lipinski definition) is 8. The number of carboxylic acids is 1. The number of alkyl carbamates (subject to hydrolysis) is 1. The molecule has 92 heavy (non-hydrogen) atoms. The van der Waals surface area contributed by atoms with Crippen molar-refractivity contribution in [3.05, 3.63) is 117 Å². The number of nitrogens with zero attached hydrogens (tertiary/aromatic N) is 3. The molecular formula is C62H76N4O26. The fourth-order valence-corrected chi connectivity index (χ4v) is 12.8. The number of esters is 3. The average Bonchev–Trinajstić information content (AvgIpc) is 0.671. The van der Waals surface area contributed by atoms with Gasteiger partial charge in [-0.3, -0.25) is 19.7 Å². The highest BCUT2D eigenvalue weighted by Crippen LogP contribution is 2.64. The van der Waals surface area contributed by atoms with E-state index in [0.29, 0.717) is 0 Å². The molecule has 1 unspecified atom stereocenters. The van der Waals surface area contributed by atoms with E-state index in [2.05, 4.69) is 5.32 Å². The van der Waals surface area contributed by atoms with E-state index in [-0.39, 0.29) is 47.3 Å². The lowest BCUT2D eigenvalue weighted by Gasteiger charge is -2.67. The molecule has 0 radical (unpaired) electrons. The van der Waals surface area contributed by atoms with E-state index in [0.717, 1.165) is 28.9 Å². The molecule has 4 fully saturated rings. The maximum absolute atomic E-state index is 15.4. The number of carboxylic acid groups (broad SMARTS) is 1. The predicted octanol–water partition coefficient (Wildman–Crippen LogP) is 2.78. The number of amides is 3. The number of likely N-dealkylation sites (N-methyl/N-ethyl adjacent to an activating group) is 2. The zero-order valence-corrected chi connectivity index (χ0v) is 52.0. The van der Waals surface area contributed by atoms with Crippen LogP contribution in [0.5, 0.6) is 5.75 Å². The number of ether oxygens (including phenoxy) is 9. The van der Waals surface area contributed by atoms with E-state index < -0.39 is 191 Å². The molecule has 0 aromatic heterocycles. The SMILES string of the molecule is CC(=O)O[C@@]12CO[C@@H]1C[C@H](O)[C@@]1(C)C(=O)[C@H](O)C3=C(C)[C@@H](OC(=O)[C@H](OC(=O)N(C)CCN(C)C(=O)OCc4ccc(O[C@@H]5O[C@H](C(=O)O)[C@@H](O)[C@H](O)[C@H]5O)c([N+](=O)[O-])c4)[C@@H](NC(=O)OC(C)(C)C)c4ccccc4)C[C@@](O)([C@@H](OC(=O)c4ccccc4)C12)C3(C)C. The molecule has 16 atom stereocenters. The minimum Gasteiger partial charge on any atom is -0.479 e. The summed E-state index contributed by atoms with van der Waals surface area (Å²) in [6, 6.07) is 16.9. The molecule has 500 valence electrons. The Morgan fingerprint density at radius 3 is 2.05 bits per heavy atom. The molecule has 3 aromatic rings. The Balaban J connectivity index is 1.08. The van der Waals surface area contributed by atoms with Crippen LogP contribution in [0.3, 0.4) is 0 Å². The average molecular weight is 1290 g/mol. The summed E-state index contributed by atoms with van der Waals surface area (Å²) in [6.45, 7) is 9.90. The molecule has 30 nitrogen and oxygen atoms in total. The van der Waals surface area contributed by atoms with Gasteiger partial charge in [0, 0.05) is 58.4 Å². The van der Waals surface area contributed by atoms with Crippen LogP contribution in [-0.2, 0) is 63.7 Å². The maximum Gasteiger partial charge on any atom is 0.410 e. The highest BCUT2D eigenvalue weighted by molar-refractivity contribution is 5.94. The fraction of sp³-hybridized carbons (Fsp3) is 0.548. The Hall–Kier alpha value is -8.36. The number of nitro groups is 1. The number of fused-ring (bicyclic) bond motifs is 5. The number of rotatable bonds is 18. The Kier molecular flexibility index (Phi) is 20.2. The first-order valence-electron chi connectivity index (χ1n) is 29.3. The van der Waals surface area contributed by atoms with Crippen LogP contribution in [0.2, 0.25) is 0 Å². The number of ketones is 1. The zero-order chi connectivity index (χ0) is 67.9. The second kappa shape index (κ2) is 26.7. The van der Waals surface area contributed by atoms with Crippen molar-refractivity contribution in [3.63, 3.8) is 0 Å². The van der Waals surface area contributed by atoms with Crippen molar-refractivity contribution in [2.24, 2.45) is 16.7 Å². The predicted molar refractivity (Wildman–Crippen MR) is 311 cm³/mol. The lowest BCUT2D eigenvalue weighted by molar-refractivity contribution is -0.387. The van der Waals surface area contributed by atoms with E-state index in [4.69, 9.17) is 42.6 Å². The van der Waals surface area contributed by atoms with Gasteiger partial charge in [0.05, 0.1) is 34.5 Å². The summed E-state index contributed by atoms with van der Waals surface area (Å²) >= 11 is 0. The number of carbonyl (C=O) groups excluding carboxylic acids is 7. The van der Waals surface area contributed by atoms with Crippen LogP contribution in [0.15, 0.2) is 90.0 Å². The van der Waals surface area contributed by atoms with Gasteiger partial charge in [0.15, 0.2) is 23.2 Å². The normalized spacial score (nSPS) is 30.3. The topological polar surface area (TPSA) is 423 Å². The van der Waals surface area contributed by atoms with E-state index in [1.165, 1.54) is 72.1 Å². The first-order valence-corrected chi connectivity index (χ1v) is 29.3. The van der Waals surface area contributed by atoms with Gasteiger partial charge in [-0.05, 0) is 75.1 Å². The third-order valence-electron chi connectivity index (χ3n) is 17.8. The Morgan fingerprint density at radius 2 is 1.48 bits per heavy atom. The van der Waals surface area contributed by atoms with Crippen LogP contribution >= 0.6 is 0 Å². The second-order valence-corrected chi connectivity index (χ2v) is 25.2. The molecule has 2 heterocycles. The summed E-state index contributed by atoms with van der Waals surface area (Å²) in [5, 5.41) is 93.3. The fourth-order valence-electron chi connectivity index (χ4n) is 12.8. The first kappa shape index (κ1) is 69.5. The van der Waals surface area contributed by atoms with Gasteiger partial charge in [0.1, 0.15) is 66.6 Å². The maximum atomic E-state index is 15.4. The molecule has 2 bridgehead atoms. The highest BCUT2D eigenvalue weighted by atomic mass is 16.7. The molecule has 0 spiro atoms. The van der Waals surface area contributed by atoms with Crippen LogP contribution in [-0.4, -0.2) is 216 Å². The number of aliphatic carboxylic acids is 1. The number of hydrogen-bond acceptors (Lipinski definition) is 25. The quantitative estimate of drug-likeness (QED) is 0.0298. The summed E-state index contributed by atoms with van der Waals surface area (Å²) < 4.78 is 52.1. The molecule has 8 rings (SSSR count). The number of Topliss-reactive ketones (excluding diaryl/α,β-unsaturated/α-hetero) is 1. The van der Waals surface area contributed by atoms with Crippen molar-refractivity contribution in [3.8, 4) is 5.75 Å². The standard InChI is InChI=1S/C62H76N4O26/c1-30-37(27-62(81)50(90-52(76)34-19-15-12-16-20-34)48-60(8,49(73)42(69)40(30)59(62,6)7)38(68)26-39-61(48,29-85-39)91-31(2)67)86-53(77)46(41(33-17-13-11-14-18-33)63-55(78)92-58(3,4)5)89-57(80)65(10)24-23-64(9)56(79)84-28-32-21-22-36(35(25-32)66(82)83)87-54-45(72)43(70)44(71)47(88-54)51(74)75/h11-22,25,37-39,41-48,50,54,68-72,81H,23-24,26-29H2,1-10H3,(H,63,78)(H,74,75)/t37-,38-,39+,41-,42+,43-,44-,45+,46+,47-,48?,50-,54+,60+,61-,62+/m0/s1. The van der Waals surface area contributed by atoms with E-state index >= 15 is 9.59 Å². The van der Waals surface area contributed by atoms with Crippen LogP contribution in [0.4, 0.5) is 20.1 Å². The molecular weight excluding hydrogens is 1220 g/mol. The Morgan fingerprint density at radius 1 is 0.859 bits per heavy atom. The van der Waals surface area contributed by atoms with Crippen molar-refractivity contribution < 1.29 is 122 Å². The van der Waals surface area contributed by atoms with E-state index in [1.807, 2.05) is 0 Å². The minimum absolute atomic E-state index is 0.00988. The lowest BCUT2D eigenvalue weighted by Crippen LogP contribution is -2.81. The molecule has 3 amide bonds. The lowest BCUT2D eigenvalue weighted by atomic mass is 9.44. The molecule has 8 N–H and O–H groups in total. The number of aliphatic hydroxyl groups excluding tert-OH is 5. The van der Waals surface area contributed by atoms with Crippen LogP contribution in [0, 0.1) is 26.9 Å². The third-order valence-corrected chi connectivity index (χ3v) is 17.8. The third kappa shape index (κ3) is 13.5. The van der Waals surface area contributed by atoms with Gasteiger partial charge in [-0.25, -0.2) is 28.8 Å². The number of aliphatic hydroxyl groups is 6. The van der Waals surface area contributed by atoms with Crippen molar-refractivity contribution >= 4 is 53.6 Å². The molecule has 2 saturated carbocycles. The minimum atomic E-state index is -2.55. The van der Waals surface area contributed by atoms with Gasteiger partial charge >= 0.3 is 47.8 Å². The van der Waals surface area contributed by atoms with Crippen LogP contribution in [0.25, 0.3) is 0 Å². The van der Waals surface area contributed by atoms with Gasteiger partial charge in [-0.1, -0.05) is 68.4 Å². The molecule has 5 aliphatic rings. The number of nitro benzene ring substituents is 1. The second-order valence-electron chi connectivity index (χ2n) is 25.2. The van der Waals surface area contributed by atoms with Crippen LogP contribution in [0.1, 0.15) is 95.8 Å². The van der Waals surface area contributed by atoms with Crippen molar-refractivity contribution in [1.82, 2.24) is 15.1 Å². The smallest absolute Gasteiger partial charge is 0.410 e. The molecule has 2 saturated heterocycles. The molecule has 2 aliphatic heterocycles. The summed E-state index contributed by atoms with van der Waals surface area (Å²) in [4.78, 5) is 125. The van der Waals surface area contributed by atoms with Gasteiger partial charge in [0.25, 0.3) is 0 Å². The zero-order valence-electron chi connectivity index (χ0n) is 52.0. The monoisotopic (exact) mass is 1290 g/mol.